The molecule has 0 aliphatic rings. The molecule has 29 heteroatoms. The smallest absolute Gasteiger partial charge is 0.445 e. The lowest BCUT2D eigenvalue weighted by atomic mass is 9.83. The molecular formula is C23H10F21N3O5. The summed E-state index contributed by atoms with van der Waals surface area (Å²) in [6.07, 6.45) is -7.23. The van der Waals surface area contributed by atoms with Gasteiger partial charge in [-0.1, -0.05) is 0 Å². The summed E-state index contributed by atoms with van der Waals surface area (Å²) in [7, 11) is 0. The van der Waals surface area contributed by atoms with E-state index in [0.29, 0.717) is 19.1 Å². The highest BCUT2D eigenvalue weighted by molar-refractivity contribution is 6.02. The van der Waals surface area contributed by atoms with Crippen molar-refractivity contribution in [3.05, 3.63) is 22.8 Å². The highest BCUT2D eigenvalue weighted by Crippen LogP contribution is 2.67. The summed E-state index contributed by atoms with van der Waals surface area (Å²) in [5, 5.41) is 1.23. The van der Waals surface area contributed by atoms with Gasteiger partial charge in [0.2, 0.25) is 12.2 Å². The summed E-state index contributed by atoms with van der Waals surface area (Å²) in [6.45, 7) is -0.963. The lowest BCUT2D eigenvalue weighted by Crippen LogP contribution is -2.76. The molecule has 1 aromatic rings. The molecule has 0 aliphatic carbocycles. The van der Waals surface area contributed by atoms with E-state index in [0.717, 1.165) is 0 Å². The Morgan fingerprint density at radius 3 is 1.31 bits per heavy atom. The van der Waals surface area contributed by atoms with Crippen molar-refractivity contribution < 1.29 is 116 Å². The third-order valence-electron chi connectivity index (χ3n) is 6.43. The average Bonchev–Trinajstić information content (AvgIpc) is 2.96. The number of rotatable bonds is 14. The van der Waals surface area contributed by atoms with Gasteiger partial charge in [0.05, 0.1) is 16.9 Å². The molecule has 0 radical (unpaired) electrons. The van der Waals surface area contributed by atoms with Crippen LogP contribution in [0.5, 0.6) is 0 Å². The van der Waals surface area contributed by atoms with Crippen molar-refractivity contribution in [1.29, 1.82) is 0 Å². The van der Waals surface area contributed by atoms with E-state index >= 15 is 8.78 Å². The zero-order valence-corrected chi connectivity index (χ0v) is 24.2. The third kappa shape index (κ3) is 6.40. The highest BCUT2D eigenvalue weighted by Gasteiger charge is 2.98. The van der Waals surface area contributed by atoms with Crippen molar-refractivity contribution in [2.24, 2.45) is 9.98 Å². The Morgan fingerprint density at radius 1 is 0.615 bits per heavy atom. The number of nitrogens with zero attached hydrogens (tertiary/aromatic N) is 2. The number of carbonyl (C=O) groups excluding carboxylic acids is 4. The van der Waals surface area contributed by atoms with Gasteiger partial charge in [-0.2, -0.15) is 102 Å². The van der Waals surface area contributed by atoms with Gasteiger partial charge in [-0.3, -0.25) is 9.59 Å². The predicted molar refractivity (Wildman–Crippen MR) is 120 cm³/mol. The summed E-state index contributed by atoms with van der Waals surface area (Å²) in [5.74, 6) is -84.1. The molecule has 0 saturated carbocycles. The maximum absolute atomic E-state index is 15.5. The number of hydrogen-bond acceptors (Lipinski definition) is 7. The summed E-state index contributed by atoms with van der Waals surface area (Å²) >= 11 is 0. The van der Waals surface area contributed by atoms with Crippen LogP contribution in [-0.2, 0) is 25.0 Å². The van der Waals surface area contributed by atoms with Crippen molar-refractivity contribution in [2.45, 2.75) is 73.3 Å². The van der Waals surface area contributed by atoms with Gasteiger partial charge in [0, 0.05) is 12.5 Å². The van der Waals surface area contributed by atoms with Crippen LogP contribution in [0.15, 0.2) is 16.1 Å². The number of halogens is 21. The van der Waals surface area contributed by atoms with Gasteiger partial charge in [-0.15, -0.1) is 0 Å². The molecule has 0 atom stereocenters. The van der Waals surface area contributed by atoms with Crippen molar-refractivity contribution >= 4 is 35.4 Å². The molecule has 0 spiro atoms. The van der Waals surface area contributed by atoms with Crippen LogP contribution in [0.3, 0.4) is 0 Å². The quantitative estimate of drug-likeness (QED) is 0.0675. The maximum Gasteiger partial charge on any atom is 0.460 e. The first-order chi connectivity index (χ1) is 22.9. The third-order valence-corrected chi connectivity index (χ3v) is 6.43. The molecule has 0 saturated heterocycles. The van der Waals surface area contributed by atoms with Crippen LogP contribution in [0.4, 0.5) is 104 Å². The second kappa shape index (κ2) is 13.5. The number of amides is 1. The summed E-state index contributed by atoms with van der Waals surface area (Å²) in [6, 6.07) is -0.00989. The van der Waals surface area contributed by atoms with Crippen molar-refractivity contribution in [3.8, 4) is 0 Å². The fraction of sp³-hybridized carbons (Fsp3) is 0.565. The Balaban J connectivity index is 4.28. The van der Waals surface area contributed by atoms with E-state index in [9.17, 15) is 103 Å². The standard InChI is InChI=1S/C23H10F21N3O5/c1-7-9(45-4-48)3-10(46-5-49)11(13(51)47-6-52-8(2)50)12(7)14(24,25)15(26,27)16(28,29)17(30,31)18(32,33)19(34,35)20(36,37)21(38,39)22(40,41)23(42,43)44/h3H,6H2,1-2H3,(H,47,51). The number of aliphatic imine (C=N–C) groups is 2. The zero-order valence-electron chi connectivity index (χ0n) is 24.2. The van der Waals surface area contributed by atoms with Gasteiger partial charge >= 0.3 is 65.4 Å². The Bertz CT molecular complexity index is 1680. The van der Waals surface area contributed by atoms with Crippen LogP contribution < -0.4 is 5.32 Å². The fourth-order valence-corrected chi connectivity index (χ4v) is 3.69. The molecule has 8 nitrogen and oxygen atoms in total. The number of alkyl halides is 21. The van der Waals surface area contributed by atoms with E-state index in [-0.39, 0.29) is 13.0 Å². The van der Waals surface area contributed by atoms with Crippen molar-refractivity contribution in [1.82, 2.24) is 5.32 Å². The number of benzene rings is 1. The average molecular weight is 807 g/mol. The molecule has 0 bridgehead atoms. The molecular weight excluding hydrogens is 797 g/mol. The minimum atomic E-state index is -9.44. The van der Waals surface area contributed by atoms with Gasteiger partial charge in [0.15, 0.2) is 6.73 Å². The minimum Gasteiger partial charge on any atom is -0.445 e. The van der Waals surface area contributed by atoms with E-state index in [2.05, 4.69) is 14.7 Å². The minimum absolute atomic E-state index is 0.00989. The molecule has 1 amide bonds. The predicted octanol–water partition coefficient (Wildman–Crippen LogP) is 7.92. The molecule has 1 aromatic carbocycles. The van der Waals surface area contributed by atoms with E-state index in [1.807, 2.05) is 0 Å². The SMILES string of the molecule is CC(=O)OCNC(=O)c1c(N=C=O)cc(N=C=O)c(C)c1C(F)(F)C(F)(F)C(F)(F)C(F)(F)C(F)(F)C(F)(F)C(F)(F)C(F)(F)C(F)(F)C(F)(F)F. The zero-order chi connectivity index (χ0) is 41.7. The van der Waals surface area contributed by atoms with Gasteiger partial charge in [0.25, 0.3) is 5.91 Å². The lowest BCUT2D eigenvalue weighted by molar-refractivity contribution is -0.474. The Hall–Kier alpha value is -4.55. The van der Waals surface area contributed by atoms with Crippen LogP contribution in [-0.4, -0.2) is 84.3 Å². The van der Waals surface area contributed by atoms with E-state index in [4.69, 9.17) is 0 Å². The topological polar surface area (TPSA) is 114 Å². The largest absolute Gasteiger partial charge is 0.460 e. The number of isocyanates is 2. The summed E-state index contributed by atoms with van der Waals surface area (Å²) < 4.78 is 297. The molecule has 294 valence electrons. The van der Waals surface area contributed by atoms with Crippen LogP contribution in [0, 0.1) is 6.92 Å². The molecule has 52 heavy (non-hydrogen) atoms. The van der Waals surface area contributed by atoms with Crippen molar-refractivity contribution in [2.75, 3.05) is 6.73 Å². The second-order valence-electron chi connectivity index (χ2n) is 9.65. The number of esters is 1. The first-order valence-electron chi connectivity index (χ1n) is 12.1. The Morgan fingerprint density at radius 2 is 0.962 bits per heavy atom. The van der Waals surface area contributed by atoms with Crippen LogP contribution in [0.25, 0.3) is 0 Å². The number of carbonyl (C=O) groups is 2. The monoisotopic (exact) mass is 807 g/mol. The molecule has 0 unspecified atom stereocenters. The van der Waals surface area contributed by atoms with E-state index < -0.39 is 106 Å². The van der Waals surface area contributed by atoms with Gasteiger partial charge < -0.3 is 10.1 Å². The Labute approximate surface area is 270 Å². The van der Waals surface area contributed by atoms with E-state index in [1.165, 1.54) is 5.32 Å². The van der Waals surface area contributed by atoms with Gasteiger partial charge in [-0.25, -0.2) is 9.59 Å². The normalized spacial score (nSPS) is 14.3. The first kappa shape index (κ1) is 45.5. The molecule has 0 aliphatic heterocycles. The maximum atomic E-state index is 15.5. The van der Waals surface area contributed by atoms with Crippen molar-refractivity contribution in [3.63, 3.8) is 0 Å². The van der Waals surface area contributed by atoms with Gasteiger partial charge in [-0.05, 0) is 18.6 Å². The number of nitrogens with one attached hydrogen (secondary N) is 1. The summed E-state index contributed by atoms with van der Waals surface area (Å²) in [5.41, 5.74) is -11.1. The molecule has 1 N–H and O–H groups in total. The molecule has 1 rings (SSSR count). The van der Waals surface area contributed by atoms with Gasteiger partial charge in [0.1, 0.15) is 0 Å². The van der Waals surface area contributed by atoms with E-state index in [1.54, 1.807) is 0 Å². The highest BCUT2D eigenvalue weighted by atomic mass is 19.4. The molecule has 0 fully saturated rings. The lowest BCUT2D eigenvalue weighted by Gasteiger charge is -2.44. The number of hydrogen-bond donors (Lipinski definition) is 1. The first-order valence-corrected chi connectivity index (χ1v) is 12.1. The Kier molecular flexibility index (Phi) is 11.8. The summed E-state index contributed by atoms with van der Waals surface area (Å²) in [4.78, 5) is 50.0. The number of ether oxygens (including phenoxy) is 1. The van der Waals surface area contributed by atoms with Crippen LogP contribution in [0.1, 0.15) is 28.4 Å². The second-order valence-corrected chi connectivity index (χ2v) is 9.65. The van der Waals surface area contributed by atoms with Crippen LogP contribution in [0.2, 0.25) is 0 Å². The molecule has 0 aromatic heterocycles. The van der Waals surface area contributed by atoms with Crippen LogP contribution >= 0.6 is 0 Å². The molecule has 0 heterocycles. The fourth-order valence-electron chi connectivity index (χ4n) is 3.69.